The highest BCUT2D eigenvalue weighted by Crippen LogP contribution is 2.22. The zero-order chi connectivity index (χ0) is 15.6. The molecule has 1 fully saturated rings. The van der Waals surface area contributed by atoms with Crippen LogP contribution in [0.2, 0.25) is 0 Å². The third-order valence-corrected chi connectivity index (χ3v) is 3.22. The van der Waals surface area contributed by atoms with Crippen LogP contribution in [-0.4, -0.2) is 47.3 Å². The molecule has 1 heterocycles. The molecule has 1 aromatic carbocycles. The van der Waals surface area contributed by atoms with Gasteiger partial charge < -0.3 is 16.0 Å². The highest BCUT2D eigenvalue weighted by atomic mass is 19.1. The number of rotatable bonds is 3. The Kier molecular flexibility index (Phi) is 4.13. The van der Waals surface area contributed by atoms with E-state index in [9.17, 15) is 24.1 Å². The SMILES string of the molecule is NC(=O)C1CNCCN1C(=O)c1cc(F)ccc1[N+](=O)[O-]. The normalized spacial score (nSPS) is 18.3. The number of nitro benzene ring substituents is 1. The van der Waals surface area contributed by atoms with Gasteiger partial charge in [0.05, 0.1) is 4.92 Å². The molecule has 0 spiro atoms. The third-order valence-electron chi connectivity index (χ3n) is 3.22. The first-order chi connectivity index (χ1) is 9.91. The van der Waals surface area contributed by atoms with Gasteiger partial charge in [-0.3, -0.25) is 19.7 Å². The Bertz CT molecular complexity index is 607. The summed E-state index contributed by atoms with van der Waals surface area (Å²) in [6.45, 7) is 0.725. The lowest BCUT2D eigenvalue weighted by molar-refractivity contribution is -0.385. The maximum Gasteiger partial charge on any atom is 0.282 e. The Balaban J connectivity index is 2.40. The van der Waals surface area contributed by atoms with Crippen molar-refractivity contribution in [2.24, 2.45) is 5.73 Å². The number of nitro groups is 1. The number of nitrogens with one attached hydrogen (secondary N) is 1. The number of halogens is 1. The molecule has 8 nitrogen and oxygen atoms in total. The van der Waals surface area contributed by atoms with Crippen molar-refractivity contribution >= 4 is 17.5 Å². The van der Waals surface area contributed by atoms with Crippen molar-refractivity contribution in [1.29, 1.82) is 0 Å². The molecule has 3 N–H and O–H groups in total. The number of carbonyl (C=O) groups excluding carboxylic acids is 2. The standard InChI is InChI=1S/C12H13FN4O4/c13-7-1-2-9(17(20)21)8(5-7)12(19)16-4-3-15-6-10(16)11(14)18/h1-2,5,10,15H,3-4,6H2,(H2,14,18). The summed E-state index contributed by atoms with van der Waals surface area (Å²) in [7, 11) is 0. The van der Waals surface area contributed by atoms with E-state index >= 15 is 0 Å². The molecule has 2 rings (SSSR count). The van der Waals surface area contributed by atoms with Crippen molar-refractivity contribution in [3.63, 3.8) is 0 Å². The fourth-order valence-electron chi connectivity index (χ4n) is 2.20. The summed E-state index contributed by atoms with van der Waals surface area (Å²) in [6, 6.07) is 1.69. The van der Waals surface area contributed by atoms with E-state index < -0.39 is 39.8 Å². The van der Waals surface area contributed by atoms with E-state index in [-0.39, 0.29) is 13.1 Å². The number of nitrogens with two attached hydrogens (primary N) is 1. The molecule has 1 aromatic rings. The number of hydrogen-bond donors (Lipinski definition) is 2. The van der Waals surface area contributed by atoms with Crippen molar-refractivity contribution in [2.45, 2.75) is 6.04 Å². The Morgan fingerprint density at radius 2 is 2.19 bits per heavy atom. The second-order valence-electron chi connectivity index (χ2n) is 4.54. The Labute approximate surface area is 118 Å². The van der Waals surface area contributed by atoms with Crippen molar-refractivity contribution in [1.82, 2.24) is 10.2 Å². The fourth-order valence-corrected chi connectivity index (χ4v) is 2.20. The topological polar surface area (TPSA) is 119 Å². The van der Waals surface area contributed by atoms with E-state index in [0.29, 0.717) is 6.54 Å². The van der Waals surface area contributed by atoms with E-state index in [1.165, 1.54) is 0 Å². The average Bonchev–Trinajstić information content (AvgIpc) is 2.46. The predicted octanol–water partition coefficient (Wildman–Crippen LogP) is -0.367. The molecule has 0 aliphatic carbocycles. The summed E-state index contributed by atoms with van der Waals surface area (Å²) >= 11 is 0. The predicted molar refractivity (Wildman–Crippen MR) is 69.9 cm³/mol. The summed E-state index contributed by atoms with van der Waals surface area (Å²) in [5.41, 5.74) is 4.31. The summed E-state index contributed by atoms with van der Waals surface area (Å²) < 4.78 is 13.3. The van der Waals surface area contributed by atoms with Crippen LogP contribution in [-0.2, 0) is 4.79 Å². The zero-order valence-electron chi connectivity index (χ0n) is 10.9. The molecule has 0 bridgehead atoms. The minimum absolute atomic E-state index is 0.153. The molecule has 0 aromatic heterocycles. The summed E-state index contributed by atoms with van der Waals surface area (Å²) in [4.78, 5) is 35.1. The number of nitrogens with zero attached hydrogens (tertiary/aromatic N) is 2. The van der Waals surface area contributed by atoms with Crippen LogP contribution in [0.15, 0.2) is 18.2 Å². The quantitative estimate of drug-likeness (QED) is 0.583. The minimum Gasteiger partial charge on any atom is -0.368 e. The zero-order valence-corrected chi connectivity index (χ0v) is 10.9. The van der Waals surface area contributed by atoms with Gasteiger partial charge in [0.15, 0.2) is 0 Å². The van der Waals surface area contributed by atoms with Gasteiger partial charge in [-0.2, -0.15) is 0 Å². The maximum atomic E-state index is 13.3. The second-order valence-corrected chi connectivity index (χ2v) is 4.54. The van der Waals surface area contributed by atoms with Crippen molar-refractivity contribution in [3.8, 4) is 0 Å². The first-order valence-corrected chi connectivity index (χ1v) is 6.16. The Morgan fingerprint density at radius 3 is 2.81 bits per heavy atom. The highest BCUT2D eigenvalue weighted by molar-refractivity contribution is 6.00. The first kappa shape index (κ1) is 14.9. The minimum atomic E-state index is -0.922. The first-order valence-electron chi connectivity index (χ1n) is 6.16. The molecule has 1 atom stereocenters. The van der Waals surface area contributed by atoms with Gasteiger partial charge in [-0.25, -0.2) is 4.39 Å². The van der Waals surface area contributed by atoms with Crippen molar-refractivity contribution < 1.29 is 18.9 Å². The monoisotopic (exact) mass is 296 g/mol. The van der Waals surface area contributed by atoms with Crippen LogP contribution < -0.4 is 11.1 Å². The molecule has 9 heteroatoms. The van der Waals surface area contributed by atoms with Gasteiger partial charge in [0.2, 0.25) is 5.91 Å². The molecular formula is C12H13FN4O4. The number of piperazine rings is 1. The fraction of sp³-hybridized carbons (Fsp3) is 0.333. The lowest BCUT2D eigenvalue weighted by Gasteiger charge is -2.34. The number of benzene rings is 1. The Hall–Kier alpha value is -2.55. The van der Waals surface area contributed by atoms with Crippen LogP contribution in [0.3, 0.4) is 0 Å². The molecule has 0 radical (unpaired) electrons. The molecule has 1 saturated heterocycles. The summed E-state index contributed by atoms with van der Waals surface area (Å²) in [5.74, 6) is -2.28. The van der Waals surface area contributed by atoms with E-state index in [2.05, 4.69) is 5.32 Å². The molecule has 1 aliphatic heterocycles. The van der Waals surface area contributed by atoms with Crippen molar-refractivity contribution in [2.75, 3.05) is 19.6 Å². The number of amides is 2. The van der Waals surface area contributed by atoms with Gasteiger partial charge in [0.1, 0.15) is 17.4 Å². The number of primary amides is 1. The second kappa shape index (κ2) is 5.83. The lowest BCUT2D eigenvalue weighted by atomic mass is 10.1. The molecule has 112 valence electrons. The third kappa shape index (κ3) is 2.97. The van der Waals surface area contributed by atoms with Crippen LogP contribution in [0.1, 0.15) is 10.4 Å². The van der Waals surface area contributed by atoms with E-state index in [1.54, 1.807) is 0 Å². The molecule has 1 unspecified atom stereocenters. The molecule has 21 heavy (non-hydrogen) atoms. The highest BCUT2D eigenvalue weighted by Gasteiger charge is 2.34. The van der Waals surface area contributed by atoms with Crippen LogP contribution in [0.5, 0.6) is 0 Å². The van der Waals surface area contributed by atoms with Gasteiger partial charge in [-0.1, -0.05) is 0 Å². The van der Waals surface area contributed by atoms with Gasteiger partial charge in [0.25, 0.3) is 11.6 Å². The van der Waals surface area contributed by atoms with Crippen LogP contribution in [0.4, 0.5) is 10.1 Å². The molecule has 1 aliphatic rings. The van der Waals surface area contributed by atoms with Crippen LogP contribution >= 0.6 is 0 Å². The summed E-state index contributed by atoms with van der Waals surface area (Å²) in [5, 5.41) is 13.8. The maximum absolute atomic E-state index is 13.3. The van der Waals surface area contributed by atoms with Crippen LogP contribution in [0, 0.1) is 15.9 Å². The smallest absolute Gasteiger partial charge is 0.282 e. The van der Waals surface area contributed by atoms with Crippen molar-refractivity contribution in [3.05, 3.63) is 39.7 Å². The van der Waals surface area contributed by atoms with Crippen LogP contribution in [0.25, 0.3) is 0 Å². The van der Waals surface area contributed by atoms with Gasteiger partial charge in [-0.15, -0.1) is 0 Å². The van der Waals surface area contributed by atoms with E-state index in [1.807, 2.05) is 0 Å². The molecular weight excluding hydrogens is 283 g/mol. The molecule has 0 saturated carbocycles. The number of hydrogen-bond acceptors (Lipinski definition) is 5. The average molecular weight is 296 g/mol. The molecule has 2 amide bonds. The van der Waals surface area contributed by atoms with Gasteiger partial charge in [-0.05, 0) is 12.1 Å². The van der Waals surface area contributed by atoms with E-state index in [0.717, 1.165) is 23.1 Å². The van der Waals surface area contributed by atoms with E-state index in [4.69, 9.17) is 5.73 Å². The largest absolute Gasteiger partial charge is 0.368 e. The number of carbonyl (C=O) groups is 2. The van der Waals surface area contributed by atoms with Gasteiger partial charge >= 0.3 is 0 Å². The Morgan fingerprint density at radius 1 is 1.48 bits per heavy atom. The summed E-state index contributed by atoms with van der Waals surface area (Å²) in [6.07, 6.45) is 0. The lowest BCUT2D eigenvalue weighted by Crippen LogP contribution is -2.58. The van der Waals surface area contributed by atoms with Gasteiger partial charge in [0, 0.05) is 25.7 Å².